The lowest BCUT2D eigenvalue weighted by molar-refractivity contribution is 0.0844. The molecule has 35 heavy (non-hydrogen) atoms. The highest BCUT2D eigenvalue weighted by Gasteiger charge is 2.23. The monoisotopic (exact) mass is 475 g/mol. The molecule has 1 aromatic heterocycles. The molecule has 3 aromatic carbocycles. The number of rotatable bonds is 11. The van der Waals surface area contributed by atoms with E-state index in [1.54, 1.807) is 30.0 Å². The summed E-state index contributed by atoms with van der Waals surface area (Å²) in [5, 5.41) is 15.6. The van der Waals surface area contributed by atoms with Crippen LogP contribution in [0.3, 0.4) is 0 Å². The van der Waals surface area contributed by atoms with Gasteiger partial charge in [0.2, 0.25) is 5.88 Å². The third-order valence-electron chi connectivity index (χ3n) is 5.79. The number of aliphatic hydroxyl groups excluding tert-OH is 1. The molecule has 0 spiro atoms. The van der Waals surface area contributed by atoms with Crippen molar-refractivity contribution < 1.29 is 19.0 Å². The van der Waals surface area contributed by atoms with E-state index in [1.165, 1.54) is 6.07 Å². The van der Waals surface area contributed by atoms with Crippen LogP contribution in [0.1, 0.15) is 22.9 Å². The highest BCUT2D eigenvalue weighted by Crippen LogP contribution is 2.33. The largest absolute Gasteiger partial charge is 0.435 e. The van der Waals surface area contributed by atoms with Crippen LogP contribution < -0.4 is 4.74 Å². The standard InChI is InChI=1S/C28H30FN3O3/c1-21-24(19-31(17-18-34-2)20-26(33)22-11-5-3-6-12-22)28(35-27-16-10-9-15-25(27)29)32(30-21)23-13-7-4-8-14-23/h3-16,26,33H,17-20H2,1-2H3. The minimum Gasteiger partial charge on any atom is -0.435 e. The van der Waals surface area contributed by atoms with Gasteiger partial charge in [-0.15, -0.1) is 0 Å². The molecule has 0 radical (unpaired) electrons. The number of halogens is 1. The zero-order chi connectivity index (χ0) is 24.6. The van der Waals surface area contributed by atoms with E-state index in [0.29, 0.717) is 32.1 Å². The maximum Gasteiger partial charge on any atom is 0.227 e. The van der Waals surface area contributed by atoms with E-state index >= 15 is 0 Å². The van der Waals surface area contributed by atoms with Gasteiger partial charge in [0, 0.05) is 26.7 Å². The van der Waals surface area contributed by atoms with E-state index in [9.17, 15) is 9.50 Å². The number of methoxy groups -OCH3 is 1. The van der Waals surface area contributed by atoms with Gasteiger partial charge in [0.05, 0.1) is 29.7 Å². The second kappa shape index (κ2) is 11.8. The molecular weight excluding hydrogens is 445 g/mol. The molecule has 0 aliphatic heterocycles. The predicted octanol–water partition coefficient (Wildman–Crippen LogP) is 5.29. The molecule has 1 unspecified atom stereocenters. The van der Waals surface area contributed by atoms with Crippen molar-refractivity contribution in [2.24, 2.45) is 0 Å². The molecule has 1 N–H and O–H groups in total. The van der Waals surface area contributed by atoms with Crippen molar-refractivity contribution in [1.82, 2.24) is 14.7 Å². The first-order valence-corrected chi connectivity index (χ1v) is 11.6. The van der Waals surface area contributed by atoms with Crippen molar-refractivity contribution in [2.75, 3.05) is 26.8 Å². The highest BCUT2D eigenvalue weighted by molar-refractivity contribution is 5.43. The summed E-state index contributed by atoms with van der Waals surface area (Å²) in [5.41, 5.74) is 3.22. The third-order valence-corrected chi connectivity index (χ3v) is 5.79. The van der Waals surface area contributed by atoms with Gasteiger partial charge in [-0.3, -0.25) is 4.90 Å². The summed E-state index contributed by atoms with van der Waals surface area (Å²) in [7, 11) is 1.65. The van der Waals surface area contributed by atoms with Crippen molar-refractivity contribution >= 4 is 0 Å². The number of hydrogen-bond donors (Lipinski definition) is 1. The quantitative estimate of drug-likeness (QED) is 0.319. The minimum absolute atomic E-state index is 0.124. The Morgan fingerprint density at radius 2 is 1.63 bits per heavy atom. The Balaban J connectivity index is 1.69. The molecule has 6 nitrogen and oxygen atoms in total. The van der Waals surface area contributed by atoms with Crippen LogP contribution in [-0.4, -0.2) is 46.6 Å². The lowest BCUT2D eigenvalue weighted by Gasteiger charge is -2.25. The summed E-state index contributed by atoms with van der Waals surface area (Å²) >= 11 is 0. The van der Waals surface area contributed by atoms with Gasteiger partial charge >= 0.3 is 0 Å². The summed E-state index contributed by atoms with van der Waals surface area (Å²) in [6.45, 7) is 3.83. The molecule has 0 saturated carbocycles. The van der Waals surface area contributed by atoms with Gasteiger partial charge < -0.3 is 14.6 Å². The zero-order valence-corrected chi connectivity index (χ0v) is 20.0. The van der Waals surface area contributed by atoms with Crippen molar-refractivity contribution in [2.45, 2.75) is 19.6 Å². The van der Waals surface area contributed by atoms with E-state index in [4.69, 9.17) is 14.6 Å². The number of aryl methyl sites for hydroxylation is 1. The smallest absolute Gasteiger partial charge is 0.227 e. The minimum atomic E-state index is -0.673. The summed E-state index contributed by atoms with van der Waals surface area (Å²) in [6, 6.07) is 25.5. The lowest BCUT2D eigenvalue weighted by atomic mass is 10.1. The fourth-order valence-electron chi connectivity index (χ4n) is 3.91. The molecule has 0 aliphatic carbocycles. The maximum atomic E-state index is 14.5. The number of benzene rings is 3. The average Bonchev–Trinajstić information content (AvgIpc) is 3.19. The molecule has 0 amide bonds. The zero-order valence-electron chi connectivity index (χ0n) is 20.0. The fourth-order valence-corrected chi connectivity index (χ4v) is 3.91. The Morgan fingerprint density at radius 1 is 0.971 bits per heavy atom. The molecule has 7 heteroatoms. The van der Waals surface area contributed by atoms with E-state index in [2.05, 4.69) is 4.90 Å². The Labute approximate surface area is 205 Å². The highest BCUT2D eigenvalue weighted by atomic mass is 19.1. The molecule has 0 saturated heterocycles. The average molecular weight is 476 g/mol. The summed E-state index contributed by atoms with van der Waals surface area (Å²) in [4.78, 5) is 2.09. The van der Waals surface area contributed by atoms with Crippen LogP contribution in [-0.2, 0) is 11.3 Å². The van der Waals surface area contributed by atoms with E-state index < -0.39 is 11.9 Å². The van der Waals surface area contributed by atoms with Crippen molar-refractivity contribution in [1.29, 1.82) is 0 Å². The van der Waals surface area contributed by atoms with Crippen LogP contribution in [0.2, 0.25) is 0 Å². The first kappa shape index (κ1) is 24.6. The van der Waals surface area contributed by atoms with Gasteiger partial charge in [0.25, 0.3) is 0 Å². The van der Waals surface area contributed by atoms with Gasteiger partial charge in [0.1, 0.15) is 0 Å². The molecule has 0 fully saturated rings. The van der Waals surface area contributed by atoms with Crippen molar-refractivity contribution in [3.05, 3.63) is 108 Å². The summed E-state index contributed by atoms with van der Waals surface area (Å²) < 4.78 is 27.7. The Bertz CT molecular complexity index is 1210. The molecule has 4 aromatic rings. The second-order valence-corrected chi connectivity index (χ2v) is 8.30. The van der Waals surface area contributed by atoms with E-state index in [0.717, 1.165) is 22.5 Å². The van der Waals surface area contributed by atoms with Gasteiger partial charge in [-0.25, -0.2) is 9.07 Å². The van der Waals surface area contributed by atoms with Crippen molar-refractivity contribution in [3.63, 3.8) is 0 Å². The van der Waals surface area contributed by atoms with Crippen LogP contribution >= 0.6 is 0 Å². The van der Waals surface area contributed by atoms with Crippen LogP contribution in [0, 0.1) is 12.7 Å². The Hall–Kier alpha value is -3.52. The number of aromatic nitrogens is 2. The van der Waals surface area contributed by atoms with Gasteiger partial charge in [0.15, 0.2) is 11.6 Å². The van der Waals surface area contributed by atoms with Crippen LogP contribution in [0.4, 0.5) is 4.39 Å². The third kappa shape index (κ3) is 6.14. The number of aliphatic hydroxyl groups is 1. The van der Waals surface area contributed by atoms with Gasteiger partial charge in [-0.05, 0) is 36.8 Å². The molecule has 0 bridgehead atoms. The Kier molecular flexibility index (Phi) is 8.26. The molecule has 1 heterocycles. The Morgan fingerprint density at radius 3 is 2.31 bits per heavy atom. The molecule has 1 atom stereocenters. The fraction of sp³-hybridized carbons (Fsp3) is 0.250. The van der Waals surface area contributed by atoms with Crippen LogP contribution in [0.25, 0.3) is 5.69 Å². The van der Waals surface area contributed by atoms with Crippen LogP contribution in [0.5, 0.6) is 11.6 Å². The molecule has 182 valence electrons. The summed E-state index contributed by atoms with van der Waals surface area (Å²) in [5.74, 6) is 0.113. The van der Waals surface area contributed by atoms with Gasteiger partial charge in [-0.1, -0.05) is 60.7 Å². The number of para-hydroxylation sites is 2. The number of nitrogens with zero attached hydrogens (tertiary/aromatic N) is 3. The first-order chi connectivity index (χ1) is 17.1. The molecule has 4 rings (SSSR count). The lowest BCUT2D eigenvalue weighted by Crippen LogP contribution is -2.31. The van der Waals surface area contributed by atoms with Crippen LogP contribution in [0.15, 0.2) is 84.9 Å². The maximum absolute atomic E-state index is 14.5. The molecular formula is C28H30FN3O3. The van der Waals surface area contributed by atoms with Gasteiger partial charge in [-0.2, -0.15) is 5.10 Å². The molecule has 0 aliphatic rings. The SMILES string of the molecule is COCCN(Cc1c(C)nn(-c2ccccc2)c1Oc1ccccc1F)CC(O)c1ccccc1. The summed E-state index contributed by atoms with van der Waals surface area (Å²) in [6.07, 6.45) is -0.673. The number of ether oxygens (including phenoxy) is 2. The van der Waals surface area contributed by atoms with E-state index in [1.807, 2.05) is 67.6 Å². The predicted molar refractivity (Wildman–Crippen MR) is 133 cm³/mol. The second-order valence-electron chi connectivity index (χ2n) is 8.30. The normalized spacial score (nSPS) is 12.1. The number of hydrogen-bond acceptors (Lipinski definition) is 5. The van der Waals surface area contributed by atoms with E-state index in [-0.39, 0.29) is 5.75 Å². The first-order valence-electron chi connectivity index (χ1n) is 11.6. The van der Waals surface area contributed by atoms with Crippen molar-refractivity contribution in [3.8, 4) is 17.3 Å². The topological polar surface area (TPSA) is 59.8 Å².